The Labute approximate surface area is 83.8 Å². The molecule has 0 saturated heterocycles. The van der Waals surface area contributed by atoms with Gasteiger partial charge in [-0.3, -0.25) is 4.79 Å². The Balaban J connectivity index is 3.05. The number of nitrogens with two attached hydrogens (primary N) is 1. The summed E-state index contributed by atoms with van der Waals surface area (Å²) < 4.78 is 14.7. The third-order valence-corrected chi connectivity index (χ3v) is 1.30. The van der Waals surface area contributed by atoms with Gasteiger partial charge >= 0.3 is 5.97 Å². The molecule has 0 aliphatic carbocycles. The van der Waals surface area contributed by atoms with Gasteiger partial charge in [0, 0.05) is 6.54 Å². The highest BCUT2D eigenvalue weighted by Gasteiger charge is 1.99. The average Bonchev–Trinajstić information content (AvgIpc) is 2.17. The van der Waals surface area contributed by atoms with Crippen molar-refractivity contribution in [2.75, 3.05) is 33.0 Å². The van der Waals surface area contributed by atoms with Crippen LogP contribution in [0.25, 0.3) is 0 Å². The molecule has 0 heterocycles. The van der Waals surface area contributed by atoms with Crippen LogP contribution in [0.15, 0.2) is 12.8 Å². The number of ether oxygens (including phenoxy) is 3. The third-order valence-electron chi connectivity index (χ3n) is 1.30. The van der Waals surface area contributed by atoms with Crippen LogP contribution in [0.4, 0.5) is 0 Å². The fraction of sp³-hybridized carbons (Fsp3) is 0.667. The van der Waals surface area contributed by atoms with Gasteiger partial charge in [-0.1, -0.05) is 6.58 Å². The summed E-state index contributed by atoms with van der Waals surface area (Å²) in [5.74, 6) is -0.293. The van der Waals surface area contributed by atoms with Crippen LogP contribution in [0, 0.1) is 0 Å². The first kappa shape index (κ1) is 12.9. The topological polar surface area (TPSA) is 70.8 Å². The predicted octanol–water partition coefficient (Wildman–Crippen LogP) is 0.0551. The van der Waals surface area contributed by atoms with Crippen LogP contribution in [0.2, 0.25) is 0 Å². The first-order valence-electron chi connectivity index (χ1n) is 4.47. The van der Waals surface area contributed by atoms with Gasteiger partial charge in [0.25, 0.3) is 0 Å². The zero-order valence-electron chi connectivity index (χ0n) is 8.24. The Morgan fingerprint density at radius 2 is 2.00 bits per heavy atom. The van der Waals surface area contributed by atoms with E-state index >= 15 is 0 Å². The highest BCUT2D eigenvalue weighted by molar-refractivity contribution is 5.69. The van der Waals surface area contributed by atoms with Gasteiger partial charge in [-0.25, -0.2) is 0 Å². The van der Waals surface area contributed by atoms with Crippen LogP contribution in [0.5, 0.6) is 0 Å². The number of esters is 1. The van der Waals surface area contributed by atoms with E-state index in [0.717, 1.165) is 0 Å². The maximum absolute atomic E-state index is 10.8. The second-order valence-electron chi connectivity index (χ2n) is 2.41. The van der Waals surface area contributed by atoms with Gasteiger partial charge in [0.2, 0.25) is 0 Å². The summed E-state index contributed by atoms with van der Waals surface area (Å²) in [6.45, 7) is 5.24. The molecule has 0 aliphatic heterocycles. The molecular weight excluding hydrogens is 186 g/mol. The normalized spacial score (nSPS) is 9.50. The number of hydrogen-bond acceptors (Lipinski definition) is 5. The maximum Gasteiger partial charge on any atom is 0.307 e. The highest BCUT2D eigenvalue weighted by atomic mass is 16.6. The zero-order valence-corrected chi connectivity index (χ0v) is 8.24. The lowest BCUT2D eigenvalue weighted by molar-refractivity contribution is -0.145. The van der Waals surface area contributed by atoms with Gasteiger partial charge in [0.1, 0.15) is 13.2 Å². The molecule has 82 valence electrons. The number of carbonyl (C=O) groups excluding carboxylic acids is 1. The predicted molar refractivity (Wildman–Crippen MR) is 51.6 cm³/mol. The first-order chi connectivity index (χ1) is 6.81. The van der Waals surface area contributed by atoms with Gasteiger partial charge in [-0.05, 0) is 0 Å². The van der Waals surface area contributed by atoms with Crippen molar-refractivity contribution in [2.45, 2.75) is 6.42 Å². The summed E-state index contributed by atoms with van der Waals surface area (Å²) in [7, 11) is 0. The molecule has 0 saturated carbocycles. The van der Waals surface area contributed by atoms with E-state index in [1.54, 1.807) is 0 Å². The lowest BCUT2D eigenvalue weighted by Gasteiger charge is -2.05. The van der Waals surface area contributed by atoms with Crippen LogP contribution in [-0.4, -0.2) is 38.9 Å². The van der Waals surface area contributed by atoms with Crippen molar-refractivity contribution in [1.82, 2.24) is 0 Å². The SMILES string of the molecule is C=COCCOCCOC(=O)CCN. The molecule has 0 radical (unpaired) electrons. The van der Waals surface area contributed by atoms with Crippen LogP contribution in [-0.2, 0) is 19.0 Å². The number of rotatable bonds is 9. The van der Waals surface area contributed by atoms with Crippen molar-refractivity contribution in [1.29, 1.82) is 0 Å². The molecule has 5 heteroatoms. The monoisotopic (exact) mass is 203 g/mol. The van der Waals surface area contributed by atoms with Crippen molar-refractivity contribution in [3.63, 3.8) is 0 Å². The van der Waals surface area contributed by atoms with Gasteiger partial charge in [0.15, 0.2) is 0 Å². The lowest BCUT2D eigenvalue weighted by atomic mass is 10.4. The molecule has 14 heavy (non-hydrogen) atoms. The lowest BCUT2D eigenvalue weighted by Crippen LogP contribution is -2.15. The molecular formula is C9H17NO4. The quantitative estimate of drug-likeness (QED) is 0.326. The van der Waals surface area contributed by atoms with Gasteiger partial charge in [-0.15, -0.1) is 0 Å². The molecule has 0 aromatic heterocycles. The maximum atomic E-state index is 10.8. The summed E-state index contributed by atoms with van der Waals surface area (Å²) >= 11 is 0. The second-order valence-corrected chi connectivity index (χ2v) is 2.41. The minimum Gasteiger partial charge on any atom is -0.499 e. The largest absolute Gasteiger partial charge is 0.499 e. The number of hydrogen-bond donors (Lipinski definition) is 1. The molecule has 0 fully saturated rings. The van der Waals surface area contributed by atoms with Crippen LogP contribution >= 0.6 is 0 Å². The highest BCUT2D eigenvalue weighted by Crippen LogP contribution is 1.85. The van der Waals surface area contributed by atoms with Crippen molar-refractivity contribution in [2.24, 2.45) is 5.73 Å². The first-order valence-corrected chi connectivity index (χ1v) is 4.47. The standard InChI is InChI=1S/C9H17NO4/c1-2-12-5-6-13-7-8-14-9(11)3-4-10/h2H,1,3-8,10H2. The zero-order chi connectivity index (χ0) is 10.6. The molecule has 0 amide bonds. The van der Waals surface area contributed by atoms with Crippen molar-refractivity contribution in [3.8, 4) is 0 Å². The van der Waals surface area contributed by atoms with Crippen LogP contribution in [0.3, 0.4) is 0 Å². The van der Waals surface area contributed by atoms with E-state index in [9.17, 15) is 4.79 Å². The average molecular weight is 203 g/mol. The molecule has 0 aromatic carbocycles. The molecule has 0 atom stereocenters. The van der Waals surface area contributed by atoms with Gasteiger partial charge < -0.3 is 19.9 Å². The summed E-state index contributed by atoms with van der Waals surface area (Å²) in [4.78, 5) is 10.8. The summed E-state index contributed by atoms with van der Waals surface area (Å²) in [6, 6.07) is 0. The van der Waals surface area contributed by atoms with Crippen molar-refractivity contribution >= 4 is 5.97 Å². The number of carbonyl (C=O) groups is 1. The molecule has 0 aliphatic rings. The third kappa shape index (κ3) is 9.02. The Bertz CT molecular complexity index is 161. The molecule has 0 spiro atoms. The second kappa shape index (κ2) is 10.0. The smallest absolute Gasteiger partial charge is 0.307 e. The van der Waals surface area contributed by atoms with E-state index in [2.05, 4.69) is 6.58 Å². The summed E-state index contributed by atoms with van der Waals surface area (Å²) in [5, 5.41) is 0. The summed E-state index contributed by atoms with van der Waals surface area (Å²) in [6.07, 6.45) is 1.60. The van der Waals surface area contributed by atoms with E-state index < -0.39 is 0 Å². The Hall–Kier alpha value is -1.07. The van der Waals surface area contributed by atoms with Crippen LogP contribution < -0.4 is 5.73 Å². The Kier molecular flexibility index (Phi) is 9.25. The van der Waals surface area contributed by atoms with E-state index in [-0.39, 0.29) is 19.0 Å². The Morgan fingerprint density at radius 1 is 1.29 bits per heavy atom. The van der Waals surface area contributed by atoms with Crippen molar-refractivity contribution < 1.29 is 19.0 Å². The van der Waals surface area contributed by atoms with E-state index in [0.29, 0.717) is 26.4 Å². The van der Waals surface area contributed by atoms with Gasteiger partial charge in [-0.2, -0.15) is 0 Å². The molecule has 0 rings (SSSR count). The molecule has 5 nitrogen and oxygen atoms in total. The summed E-state index contributed by atoms with van der Waals surface area (Å²) in [5.41, 5.74) is 5.16. The van der Waals surface area contributed by atoms with E-state index in [1.807, 2.05) is 0 Å². The van der Waals surface area contributed by atoms with Crippen molar-refractivity contribution in [3.05, 3.63) is 12.8 Å². The molecule has 0 bridgehead atoms. The van der Waals surface area contributed by atoms with E-state index in [1.165, 1.54) is 6.26 Å². The molecule has 0 aromatic rings. The molecule has 0 unspecified atom stereocenters. The molecule has 2 N–H and O–H groups in total. The van der Waals surface area contributed by atoms with Gasteiger partial charge in [0.05, 0.1) is 25.9 Å². The minimum atomic E-state index is -0.293. The van der Waals surface area contributed by atoms with E-state index in [4.69, 9.17) is 19.9 Å². The fourth-order valence-corrected chi connectivity index (χ4v) is 0.697. The fourth-order valence-electron chi connectivity index (χ4n) is 0.697. The van der Waals surface area contributed by atoms with Crippen LogP contribution in [0.1, 0.15) is 6.42 Å². The minimum absolute atomic E-state index is 0.250. The Morgan fingerprint density at radius 3 is 2.64 bits per heavy atom.